The molecule has 0 bridgehead atoms. The molecule has 0 N–H and O–H groups in total. The summed E-state index contributed by atoms with van der Waals surface area (Å²) in [5.74, 6) is 0. The van der Waals surface area contributed by atoms with Crippen LogP contribution in [0.25, 0.3) is 0 Å². The van der Waals surface area contributed by atoms with Crippen molar-refractivity contribution < 1.29 is 4.44 Å². The predicted octanol–water partition coefficient (Wildman–Crippen LogP) is 2.07. The van der Waals surface area contributed by atoms with Gasteiger partial charge in [-0.2, -0.15) is 0 Å². The molecule has 8 heavy (non-hydrogen) atoms. The van der Waals surface area contributed by atoms with Gasteiger partial charge in [0.05, 0.1) is 0 Å². The first-order valence-corrected chi connectivity index (χ1v) is 7.06. The molecule has 0 aromatic carbocycles. The van der Waals surface area contributed by atoms with E-state index in [0.717, 1.165) is 0 Å². The molecule has 0 saturated heterocycles. The third-order valence-corrected chi connectivity index (χ3v) is 2.11. The first kappa shape index (κ1) is 8.93. The van der Waals surface area contributed by atoms with Crippen LogP contribution < -0.4 is 0 Å². The first-order valence-electron chi connectivity index (χ1n) is 2.74. The van der Waals surface area contributed by atoms with E-state index in [4.69, 9.17) is 4.44 Å². The second-order valence-corrected chi connectivity index (χ2v) is 8.52. The molecule has 0 aromatic heterocycles. The van der Waals surface area contributed by atoms with Gasteiger partial charge < -0.3 is 0 Å². The Balaban J connectivity index is 3.39. The van der Waals surface area contributed by atoms with Crippen molar-refractivity contribution in [1.29, 1.82) is 0 Å². The topological polar surface area (TPSA) is 9.23 Å². The van der Waals surface area contributed by atoms with E-state index in [9.17, 15) is 0 Å². The minimum absolute atomic E-state index is 0.217. The Kier molecular flexibility index (Phi) is 3.56. The summed E-state index contributed by atoms with van der Waals surface area (Å²) in [6.07, 6.45) is 0. The number of rotatable bonds is 2. The van der Waals surface area contributed by atoms with Crippen molar-refractivity contribution in [3.8, 4) is 0 Å². The van der Waals surface area contributed by atoms with Crippen molar-refractivity contribution in [2.24, 2.45) is 0 Å². The van der Waals surface area contributed by atoms with Crippen LogP contribution in [0.1, 0.15) is 0 Å². The van der Waals surface area contributed by atoms with E-state index in [-0.39, 0.29) is 5.74 Å². The number of hydrogen-bond donors (Lipinski definition) is 0. The molecule has 0 aliphatic heterocycles. The number of halogens is 1. The van der Waals surface area contributed by atoms with E-state index in [1.54, 1.807) is 0 Å². The van der Waals surface area contributed by atoms with Gasteiger partial charge in [-0.25, -0.2) is 0 Å². The van der Waals surface area contributed by atoms with E-state index in [1.807, 2.05) is 6.82 Å². The van der Waals surface area contributed by atoms with Gasteiger partial charge in [-0.3, -0.25) is 0 Å². The second-order valence-electron chi connectivity index (χ2n) is 2.77. The van der Waals surface area contributed by atoms with Gasteiger partial charge in [0.15, 0.2) is 0 Å². The molecule has 0 rings (SSSR count). The molecule has 0 aromatic rings. The second kappa shape index (κ2) is 3.19. The molecule has 0 heterocycles. The van der Waals surface area contributed by atoms with Crippen molar-refractivity contribution >= 4 is 29.0 Å². The van der Waals surface area contributed by atoms with E-state index in [0.29, 0.717) is 0 Å². The van der Waals surface area contributed by atoms with Gasteiger partial charge in [0.2, 0.25) is 0 Å². The van der Waals surface area contributed by atoms with Crippen LogP contribution in [0.4, 0.5) is 0 Å². The first-order chi connectivity index (χ1) is 3.42. The maximum atomic E-state index is 5.49. The van der Waals surface area contributed by atoms with Crippen molar-refractivity contribution in [2.75, 3.05) is 20.0 Å². The zero-order valence-electron chi connectivity index (χ0n) is 5.86. The van der Waals surface area contributed by atoms with Crippen LogP contribution in [0.5, 0.6) is 0 Å². The van der Waals surface area contributed by atoms with Gasteiger partial charge in [0.25, 0.3) is 0 Å². The molecule has 0 aliphatic rings. The average molecular weight is 199 g/mol. The molecule has 0 radical (unpaired) electrons. The zero-order valence-corrected chi connectivity index (χ0v) is 8.45. The third-order valence-electron chi connectivity index (χ3n) is 0.516. The van der Waals surface area contributed by atoms with Gasteiger partial charge >= 0.3 is 60.2 Å². The van der Waals surface area contributed by atoms with E-state index in [1.165, 1.54) is 0 Å². The molecule has 0 saturated carbocycles. The summed E-state index contributed by atoms with van der Waals surface area (Å²) in [5.41, 5.74) is 0.217. The van der Waals surface area contributed by atoms with E-state index >= 15 is 0 Å². The summed E-state index contributed by atoms with van der Waals surface area (Å²) in [7, 11) is -1.27. The van der Waals surface area contributed by atoms with Crippen LogP contribution in [0.15, 0.2) is 0 Å². The molecule has 50 valence electrons. The van der Waals surface area contributed by atoms with E-state index in [2.05, 4.69) is 35.8 Å². The van der Waals surface area contributed by atoms with Crippen LogP contribution in [0.3, 0.4) is 0 Å². The molecule has 4 heteroatoms. The molecule has 0 aliphatic carbocycles. The predicted molar refractivity (Wildman–Crippen MR) is 47.7 cm³/mol. The van der Waals surface area contributed by atoms with E-state index < -0.39 is 7.49 Å². The van der Waals surface area contributed by atoms with Crippen LogP contribution >= 0.6 is 23.2 Å². The van der Waals surface area contributed by atoms with Gasteiger partial charge in [0.1, 0.15) is 0 Å². The molecule has 0 amide bonds. The van der Waals surface area contributed by atoms with Gasteiger partial charge in [0, 0.05) is 0 Å². The molecular weight excluding hydrogens is 186 g/mol. The Hall–Kier alpha value is 0.935. The van der Waals surface area contributed by atoms with Gasteiger partial charge in [-0.15, -0.1) is 0 Å². The summed E-state index contributed by atoms with van der Waals surface area (Å²) in [5, 5.41) is 0. The third kappa shape index (κ3) is 6.93. The fourth-order valence-corrected chi connectivity index (χ4v) is 3.14. The van der Waals surface area contributed by atoms with Crippen molar-refractivity contribution in [2.45, 2.75) is 6.82 Å². The van der Waals surface area contributed by atoms with Gasteiger partial charge in [-0.05, 0) is 0 Å². The fourth-order valence-electron chi connectivity index (χ4n) is 0.487. The Morgan fingerprint density at radius 1 is 1.38 bits per heavy atom. The van der Waals surface area contributed by atoms with Crippen LogP contribution in [-0.4, -0.2) is 25.7 Å². The maximum absolute atomic E-state index is 5.49. The quantitative estimate of drug-likeness (QED) is 0.488. The molecule has 0 spiro atoms. The van der Waals surface area contributed by atoms with Crippen LogP contribution in [-0.2, 0) is 4.44 Å². The Labute approximate surface area is 60.7 Å². The van der Waals surface area contributed by atoms with Crippen LogP contribution in [0, 0.1) is 0 Å². The molecule has 0 atom stereocenters. The fraction of sp³-hybridized carbons (Fsp3) is 1.00. The minimum atomic E-state index is -1.27. The average Bonchev–Trinajstić information content (AvgIpc) is 1.21. The molecule has 0 fully saturated rings. The normalized spacial score (nSPS) is 13.6. The summed E-state index contributed by atoms with van der Waals surface area (Å²) in [6, 6.07) is 0. The van der Waals surface area contributed by atoms with Crippen molar-refractivity contribution in [1.82, 2.24) is 0 Å². The molecule has 1 nitrogen and oxygen atoms in total. The summed E-state index contributed by atoms with van der Waals surface area (Å²) < 4.78 is 5.49. The molecular formula is C4H13BBrOP. The summed E-state index contributed by atoms with van der Waals surface area (Å²) in [4.78, 5) is 0. The van der Waals surface area contributed by atoms with Crippen molar-refractivity contribution in [3.63, 3.8) is 0 Å². The van der Waals surface area contributed by atoms with Crippen molar-refractivity contribution in [3.05, 3.63) is 0 Å². The monoisotopic (exact) mass is 198 g/mol. The standard InChI is InChI=1S/C4H13BBrOP/c1-5(6)7-8(2,3)4/h8H,1-4H3. The summed E-state index contributed by atoms with van der Waals surface area (Å²) >= 11 is 3.32. The Bertz CT molecular complexity index is 70.9. The van der Waals surface area contributed by atoms with Gasteiger partial charge in [-0.1, -0.05) is 0 Å². The Morgan fingerprint density at radius 3 is 1.75 bits per heavy atom. The SMILES string of the molecule is CB(Br)O[PH](C)(C)C. The van der Waals surface area contributed by atoms with Crippen LogP contribution in [0.2, 0.25) is 6.82 Å². The Morgan fingerprint density at radius 2 is 1.75 bits per heavy atom. The number of hydrogen-bond acceptors (Lipinski definition) is 1. The molecule has 0 unspecified atom stereocenters. The zero-order chi connectivity index (χ0) is 6.78. The summed E-state index contributed by atoms with van der Waals surface area (Å²) in [6.45, 7) is 8.51.